The highest BCUT2D eigenvalue weighted by Gasteiger charge is 2.28. The number of rotatable bonds is 4. The smallest absolute Gasteiger partial charge is 0.352 e. The summed E-state index contributed by atoms with van der Waals surface area (Å²) in [6.45, 7) is 1.58. The summed E-state index contributed by atoms with van der Waals surface area (Å²) in [5.41, 5.74) is 2.87. The van der Waals surface area contributed by atoms with E-state index in [2.05, 4.69) is 26.2 Å². The number of carbonyl (C=O) groups excluding carboxylic acids is 2. The van der Waals surface area contributed by atoms with Crippen LogP contribution in [-0.2, 0) is 4.79 Å². The Morgan fingerprint density at radius 1 is 1.10 bits per heavy atom. The summed E-state index contributed by atoms with van der Waals surface area (Å²) in [6, 6.07) is 14.0. The van der Waals surface area contributed by atoms with E-state index in [0.717, 1.165) is 4.47 Å². The van der Waals surface area contributed by atoms with Crippen LogP contribution in [0.4, 0.5) is 5.69 Å². The van der Waals surface area contributed by atoms with Crippen molar-refractivity contribution in [1.82, 2.24) is 4.98 Å². The van der Waals surface area contributed by atoms with Gasteiger partial charge in [-0.1, -0.05) is 46.3 Å². The Hall–Kier alpha value is -3.45. The molecule has 1 aliphatic rings. The second-order valence-electron chi connectivity index (χ2n) is 6.62. The van der Waals surface area contributed by atoms with Gasteiger partial charge in [0.1, 0.15) is 5.69 Å². The molecule has 0 saturated carbocycles. The van der Waals surface area contributed by atoms with Crippen LogP contribution in [0.25, 0.3) is 11.6 Å². The third-order valence-corrected chi connectivity index (χ3v) is 5.30. The molecule has 0 fully saturated rings. The van der Waals surface area contributed by atoms with Gasteiger partial charge in [-0.2, -0.15) is 0 Å². The normalized spacial score (nSPS) is 14.0. The van der Waals surface area contributed by atoms with Gasteiger partial charge in [0.05, 0.1) is 16.8 Å². The molecule has 2 aromatic carbocycles. The Kier molecular flexibility index (Phi) is 4.68. The molecule has 6 nitrogen and oxygen atoms in total. The van der Waals surface area contributed by atoms with Gasteiger partial charge in [-0.15, -0.1) is 0 Å². The standard InChI is InChI=1S/C22H15BrN2O4/c1-11-18(20(26)12-5-3-2-4-6-12)17(24-19(11)22(28)29)10-15-14-9-13(23)7-8-16(14)25-21(15)27/h2-10,24H,1H3,(H,25,27)(H,28,29)/b15-10-. The SMILES string of the molecule is Cc1c(C(=O)O)[nH]c(/C=C2\C(=O)Nc3ccc(Br)cc32)c1C(=O)c1ccccc1. The molecule has 1 aromatic heterocycles. The lowest BCUT2D eigenvalue weighted by atomic mass is 9.97. The zero-order chi connectivity index (χ0) is 20.7. The summed E-state index contributed by atoms with van der Waals surface area (Å²) in [5.74, 6) is -1.81. The van der Waals surface area contributed by atoms with Crippen LogP contribution in [0.3, 0.4) is 0 Å². The molecule has 0 spiro atoms. The Bertz CT molecular complexity index is 1210. The van der Waals surface area contributed by atoms with Crippen LogP contribution in [0.1, 0.15) is 43.2 Å². The van der Waals surface area contributed by atoms with Crippen LogP contribution in [0.5, 0.6) is 0 Å². The molecule has 1 amide bonds. The summed E-state index contributed by atoms with van der Waals surface area (Å²) in [6.07, 6.45) is 1.53. The molecular weight excluding hydrogens is 436 g/mol. The molecule has 144 valence electrons. The quantitative estimate of drug-likeness (QED) is 0.402. The molecule has 0 saturated heterocycles. The summed E-state index contributed by atoms with van der Waals surface area (Å²) >= 11 is 3.39. The van der Waals surface area contributed by atoms with Gasteiger partial charge in [0.25, 0.3) is 5.91 Å². The Balaban J connectivity index is 1.91. The molecule has 1 aliphatic heterocycles. The van der Waals surface area contributed by atoms with Crippen LogP contribution in [-0.4, -0.2) is 27.8 Å². The number of aromatic nitrogens is 1. The van der Waals surface area contributed by atoms with E-state index in [0.29, 0.717) is 28.0 Å². The highest BCUT2D eigenvalue weighted by molar-refractivity contribution is 9.10. The van der Waals surface area contributed by atoms with Crippen molar-refractivity contribution in [3.8, 4) is 0 Å². The second-order valence-corrected chi connectivity index (χ2v) is 7.53. The van der Waals surface area contributed by atoms with Crippen molar-refractivity contribution >= 4 is 50.9 Å². The number of H-pyrrole nitrogens is 1. The van der Waals surface area contributed by atoms with Crippen LogP contribution >= 0.6 is 15.9 Å². The van der Waals surface area contributed by atoms with Gasteiger partial charge >= 0.3 is 5.97 Å². The first-order valence-corrected chi connectivity index (χ1v) is 9.54. The molecule has 0 radical (unpaired) electrons. The minimum absolute atomic E-state index is 0.0796. The van der Waals surface area contributed by atoms with E-state index in [4.69, 9.17) is 0 Å². The highest BCUT2D eigenvalue weighted by atomic mass is 79.9. The maximum absolute atomic E-state index is 13.1. The van der Waals surface area contributed by atoms with Gasteiger partial charge < -0.3 is 15.4 Å². The lowest BCUT2D eigenvalue weighted by molar-refractivity contribution is -0.110. The van der Waals surface area contributed by atoms with Crippen molar-refractivity contribution < 1.29 is 19.5 Å². The molecule has 4 rings (SSSR count). The maximum atomic E-state index is 13.1. The molecule has 0 bridgehead atoms. The average molecular weight is 451 g/mol. The lowest BCUT2D eigenvalue weighted by Crippen LogP contribution is -2.06. The van der Waals surface area contributed by atoms with Gasteiger partial charge in [0.2, 0.25) is 0 Å². The van der Waals surface area contributed by atoms with Crippen molar-refractivity contribution in [3.63, 3.8) is 0 Å². The zero-order valence-electron chi connectivity index (χ0n) is 15.2. The van der Waals surface area contributed by atoms with Crippen LogP contribution < -0.4 is 5.32 Å². The fourth-order valence-electron chi connectivity index (χ4n) is 3.41. The van der Waals surface area contributed by atoms with Crippen molar-refractivity contribution in [3.05, 3.63) is 86.6 Å². The van der Waals surface area contributed by atoms with E-state index in [1.165, 1.54) is 6.08 Å². The van der Waals surface area contributed by atoms with E-state index >= 15 is 0 Å². The third kappa shape index (κ3) is 3.30. The maximum Gasteiger partial charge on any atom is 0.352 e. The number of aromatic amines is 1. The average Bonchev–Trinajstić information content (AvgIpc) is 3.19. The highest BCUT2D eigenvalue weighted by Crippen LogP contribution is 2.36. The van der Waals surface area contributed by atoms with Crippen LogP contribution in [0.15, 0.2) is 53.0 Å². The predicted molar refractivity (Wildman–Crippen MR) is 113 cm³/mol. The van der Waals surface area contributed by atoms with Crippen LogP contribution in [0, 0.1) is 6.92 Å². The number of ketones is 1. The first-order chi connectivity index (χ1) is 13.9. The number of carbonyl (C=O) groups is 3. The molecule has 0 aliphatic carbocycles. The van der Waals surface area contributed by atoms with Gasteiger partial charge in [0.15, 0.2) is 5.78 Å². The fraction of sp³-hybridized carbons (Fsp3) is 0.0455. The van der Waals surface area contributed by atoms with Crippen molar-refractivity contribution in [1.29, 1.82) is 0 Å². The third-order valence-electron chi connectivity index (χ3n) is 4.81. The van der Waals surface area contributed by atoms with E-state index in [1.54, 1.807) is 49.4 Å². The molecule has 2 heterocycles. The minimum Gasteiger partial charge on any atom is -0.477 e. The zero-order valence-corrected chi connectivity index (χ0v) is 16.8. The molecule has 0 atom stereocenters. The number of carboxylic acids is 1. The van der Waals surface area contributed by atoms with Crippen molar-refractivity contribution in [2.45, 2.75) is 6.92 Å². The molecule has 29 heavy (non-hydrogen) atoms. The van der Waals surface area contributed by atoms with Crippen molar-refractivity contribution in [2.75, 3.05) is 5.32 Å². The minimum atomic E-state index is -1.17. The number of amides is 1. The van der Waals surface area contributed by atoms with E-state index < -0.39 is 5.97 Å². The fourth-order valence-corrected chi connectivity index (χ4v) is 3.78. The van der Waals surface area contributed by atoms with E-state index in [-0.39, 0.29) is 28.6 Å². The number of benzene rings is 2. The molecule has 3 aromatic rings. The number of fused-ring (bicyclic) bond motifs is 1. The number of hydrogen-bond acceptors (Lipinski definition) is 3. The number of nitrogens with one attached hydrogen (secondary N) is 2. The van der Waals surface area contributed by atoms with Gasteiger partial charge in [-0.3, -0.25) is 9.59 Å². The molecule has 3 N–H and O–H groups in total. The van der Waals surface area contributed by atoms with Crippen molar-refractivity contribution in [2.24, 2.45) is 0 Å². The largest absolute Gasteiger partial charge is 0.477 e. The Morgan fingerprint density at radius 2 is 1.83 bits per heavy atom. The number of anilines is 1. The van der Waals surface area contributed by atoms with Gasteiger partial charge in [-0.25, -0.2) is 4.79 Å². The number of hydrogen-bond donors (Lipinski definition) is 3. The van der Waals surface area contributed by atoms with Crippen LogP contribution in [0.2, 0.25) is 0 Å². The molecule has 0 unspecified atom stereocenters. The topological polar surface area (TPSA) is 99.3 Å². The summed E-state index contributed by atoms with van der Waals surface area (Å²) in [4.78, 5) is 40.1. The number of carboxylic acid groups (broad SMARTS) is 1. The predicted octanol–water partition coefficient (Wildman–Crippen LogP) is 4.51. The second kappa shape index (κ2) is 7.18. The summed E-state index contributed by atoms with van der Waals surface area (Å²) in [7, 11) is 0. The lowest BCUT2D eigenvalue weighted by Gasteiger charge is -2.04. The first-order valence-electron chi connectivity index (χ1n) is 8.75. The number of halogens is 1. The first kappa shape index (κ1) is 18.9. The Labute approximate surface area is 174 Å². The molecular formula is C22H15BrN2O4. The summed E-state index contributed by atoms with van der Waals surface area (Å²) in [5, 5.41) is 12.3. The monoisotopic (exact) mass is 450 g/mol. The number of aromatic carboxylic acids is 1. The summed E-state index contributed by atoms with van der Waals surface area (Å²) < 4.78 is 0.799. The van der Waals surface area contributed by atoms with E-state index in [1.807, 2.05) is 6.07 Å². The van der Waals surface area contributed by atoms with E-state index in [9.17, 15) is 19.5 Å². The molecule has 7 heteroatoms. The van der Waals surface area contributed by atoms with Gasteiger partial charge in [-0.05, 0) is 36.8 Å². The Morgan fingerprint density at radius 3 is 2.52 bits per heavy atom. The van der Waals surface area contributed by atoms with Gasteiger partial charge in [0, 0.05) is 21.3 Å².